The molecule has 0 radical (unpaired) electrons. The van der Waals surface area contributed by atoms with E-state index in [2.05, 4.69) is 4.98 Å². The van der Waals surface area contributed by atoms with Crippen molar-refractivity contribution < 1.29 is 23.0 Å². The smallest absolute Gasteiger partial charge is 0.307 e. The van der Waals surface area contributed by atoms with E-state index >= 15 is 0 Å². The SMILES string of the molecule is COc1ccc(Oc2c(Cl)cc(Cc3sc(=O)[nH]c3O)cc2Cl)cc1S(=O)(=O)Cl. The predicted octanol–water partition coefficient (Wildman–Crippen LogP) is 4.77. The number of rotatable bonds is 6. The van der Waals surface area contributed by atoms with Crippen LogP contribution in [0.5, 0.6) is 23.1 Å². The van der Waals surface area contributed by atoms with Crippen LogP contribution in [0, 0.1) is 0 Å². The number of aromatic nitrogens is 1. The van der Waals surface area contributed by atoms with Crippen LogP contribution < -0.4 is 14.3 Å². The number of nitrogens with one attached hydrogen (secondary N) is 1. The fourth-order valence-corrected chi connectivity index (χ4v) is 4.88. The minimum absolute atomic E-state index is 0.0604. The highest BCUT2D eigenvalue weighted by Crippen LogP contribution is 2.40. The Morgan fingerprint density at radius 3 is 2.34 bits per heavy atom. The van der Waals surface area contributed by atoms with Crippen LogP contribution in [-0.4, -0.2) is 25.6 Å². The normalized spacial score (nSPS) is 11.4. The number of aromatic amines is 1. The number of aromatic hydroxyl groups is 1. The number of H-pyrrole nitrogens is 1. The first-order valence-electron chi connectivity index (χ1n) is 7.78. The van der Waals surface area contributed by atoms with Crippen molar-refractivity contribution in [2.45, 2.75) is 11.3 Å². The van der Waals surface area contributed by atoms with Crippen molar-refractivity contribution in [1.82, 2.24) is 4.98 Å². The summed E-state index contributed by atoms with van der Waals surface area (Å²) in [5.74, 6) is 0.0838. The number of ether oxygens (including phenoxy) is 2. The maximum atomic E-state index is 11.7. The summed E-state index contributed by atoms with van der Waals surface area (Å²) in [5, 5.41) is 10.0. The molecule has 0 aliphatic heterocycles. The molecule has 1 aromatic heterocycles. The average molecular weight is 497 g/mol. The Labute approximate surface area is 183 Å². The highest BCUT2D eigenvalue weighted by atomic mass is 35.7. The Morgan fingerprint density at radius 1 is 1.17 bits per heavy atom. The summed E-state index contributed by atoms with van der Waals surface area (Å²) in [5.41, 5.74) is 0.636. The molecule has 0 amide bonds. The second kappa shape index (κ2) is 8.45. The topological polar surface area (TPSA) is 106 Å². The van der Waals surface area contributed by atoms with Crippen LogP contribution in [-0.2, 0) is 15.5 Å². The van der Waals surface area contributed by atoms with E-state index in [0.29, 0.717) is 10.4 Å². The van der Waals surface area contributed by atoms with E-state index in [0.717, 1.165) is 11.3 Å². The highest BCUT2D eigenvalue weighted by molar-refractivity contribution is 8.13. The van der Waals surface area contributed by atoms with Gasteiger partial charge in [0.05, 0.1) is 22.0 Å². The third-order valence-electron chi connectivity index (χ3n) is 3.74. The van der Waals surface area contributed by atoms with E-state index in [-0.39, 0.29) is 49.4 Å². The monoisotopic (exact) mass is 495 g/mol. The zero-order valence-electron chi connectivity index (χ0n) is 14.5. The Kier molecular flexibility index (Phi) is 6.35. The van der Waals surface area contributed by atoms with Crippen LogP contribution in [0.1, 0.15) is 10.4 Å². The van der Waals surface area contributed by atoms with Gasteiger partial charge in [0.25, 0.3) is 9.05 Å². The third kappa shape index (κ3) is 4.99. The van der Waals surface area contributed by atoms with Crippen molar-refractivity contribution in [2.75, 3.05) is 7.11 Å². The first kappa shape index (κ1) is 21.8. The van der Waals surface area contributed by atoms with Gasteiger partial charge in [-0.1, -0.05) is 34.5 Å². The van der Waals surface area contributed by atoms with Gasteiger partial charge in [0, 0.05) is 23.2 Å². The van der Waals surface area contributed by atoms with E-state index in [1.165, 1.54) is 25.3 Å². The fraction of sp³-hybridized carbons (Fsp3) is 0.118. The number of benzene rings is 2. The van der Waals surface area contributed by atoms with E-state index in [4.69, 9.17) is 43.4 Å². The van der Waals surface area contributed by atoms with E-state index in [1.807, 2.05) is 0 Å². The van der Waals surface area contributed by atoms with Crippen molar-refractivity contribution in [1.29, 1.82) is 0 Å². The van der Waals surface area contributed by atoms with Gasteiger partial charge >= 0.3 is 4.87 Å². The minimum atomic E-state index is -4.07. The number of hydrogen-bond donors (Lipinski definition) is 2. The first-order valence-corrected chi connectivity index (χ1v) is 11.7. The molecule has 1 heterocycles. The molecule has 0 saturated heterocycles. The molecule has 0 aliphatic rings. The van der Waals surface area contributed by atoms with E-state index in [1.54, 1.807) is 12.1 Å². The lowest BCUT2D eigenvalue weighted by molar-refractivity contribution is 0.400. The van der Waals surface area contributed by atoms with Gasteiger partial charge in [0.2, 0.25) is 5.88 Å². The summed E-state index contributed by atoms with van der Waals surface area (Å²) in [4.78, 5) is 13.4. The van der Waals surface area contributed by atoms with Crippen molar-refractivity contribution >= 4 is 54.3 Å². The van der Waals surface area contributed by atoms with Crippen LogP contribution in [0.25, 0.3) is 0 Å². The summed E-state index contributed by atoms with van der Waals surface area (Å²) in [6, 6.07) is 7.18. The molecule has 0 saturated carbocycles. The molecule has 0 unspecified atom stereocenters. The number of thiazole rings is 1. The van der Waals surface area contributed by atoms with Crippen molar-refractivity contribution in [3.05, 3.63) is 60.5 Å². The molecule has 0 aliphatic carbocycles. The molecule has 0 bridgehead atoms. The van der Waals surface area contributed by atoms with Crippen molar-refractivity contribution in [2.24, 2.45) is 0 Å². The predicted molar refractivity (Wildman–Crippen MR) is 112 cm³/mol. The van der Waals surface area contributed by atoms with Gasteiger partial charge in [-0.05, 0) is 29.8 Å². The molecule has 2 N–H and O–H groups in total. The summed E-state index contributed by atoms with van der Waals surface area (Å²) in [6.45, 7) is 0. The van der Waals surface area contributed by atoms with Crippen LogP contribution in [0.2, 0.25) is 10.0 Å². The van der Waals surface area contributed by atoms with Gasteiger partial charge in [0.1, 0.15) is 16.4 Å². The summed E-state index contributed by atoms with van der Waals surface area (Å²) in [7, 11) is 2.67. The van der Waals surface area contributed by atoms with Gasteiger partial charge in [-0.15, -0.1) is 0 Å². The molecule has 0 spiro atoms. The molecule has 0 atom stereocenters. The van der Waals surface area contributed by atoms with Gasteiger partial charge in [-0.25, -0.2) is 8.42 Å². The maximum Gasteiger partial charge on any atom is 0.307 e. The van der Waals surface area contributed by atoms with Crippen LogP contribution >= 0.6 is 45.2 Å². The van der Waals surface area contributed by atoms with Gasteiger partial charge < -0.3 is 14.6 Å². The lowest BCUT2D eigenvalue weighted by Crippen LogP contribution is -1.97. The third-order valence-corrected chi connectivity index (χ3v) is 6.52. The second-order valence-electron chi connectivity index (χ2n) is 5.70. The van der Waals surface area contributed by atoms with Crippen LogP contribution in [0.4, 0.5) is 0 Å². The first-order chi connectivity index (χ1) is 13.6. The highest BCUT2D eigenvalue weighted by Gasteiger charge is 2.19. The molecular weight excluding hydrogens is 485 g/mol. The van der Waals surface area contributed by atoms with Crippen molar-refractivity contribution in [3.63, 3.8) is 0 Å². The fourth-order valence-electron chi connectivity index (χ4n) is 2.50. The van der Waals surface area contributed by atoms with Crippen LogP contribution in [0.3, 0.4) is 0 Å². The summed E-state index contributed by atoms with van der Waals surface area (Å²) >= 11 is 13.4. The van der Waals surface area contributed by atoms with E-state index < -0.39 is 9.05 Å². The molecule has 29 heavy (non-hydrogen) atoms. The zero-order valence-corrected chi connectivity index (χ0v) is 18.4. The Balaban J connectivity index is 1.92. The molecule has 12 heteroatoms. The number of hydrogen-bond acceptors (Lipinski definition) is 7. The van der Waals surface area contributed by atoms with Crippen LogP contribution in [0.15, 0.2) is 40.0 Å². The Morgan fingerprint density at radius 2 is 1.83 bits per heavy atom. The van der Waals surface area contributed by atoms with Gasteiger partial charge in [-0.2, -0.15) is 0 Å². The zero-order chi connectivity index (χ0) is 21.3. The quantitative estimate of drug-likeness (QED) is 0.476. The molecule has 2 aromatic carbocycles. The average Bonchev–Trinajstić information content (AvgIpc) is 2.94. The number of methoxy groups -OCH3 is 1. The maximum absolute atomic E-state index is 11.7. The molecule has 0 fully saturated rings. The standard InChI is InChI=1S/C17H12Cl3NO6S2/c1-26-12-3-2-9(7-14(12)29(20,24)25)27-15-10(18)4-8(5-11(15)19)6-13-16(22)21-17(23)28-13/h2-5,7,22H,6H2,1H3,(H,21,23). The molecule has 154 valence electrons. The Bertz CT molecular complexity index is 1210. The van der Waals surface area contributed by atoms with Gasteiger partial charge in [-0.3, -0.25) is 9.78 Å². The lowest BCUT2D eigenvalue weighted by Gasteiger charge is -2.13. The largest absolute Gasteiger partial charge is 0.495 e. The molecular formula is C17H12Cl3NO6S2. The second-order valence-corrected chi connectivity index (χ2v) is 10.1. The molecule has 7 nitrogen and oxygen atoms in total. The van der Waals surface area contributed by atoms with Gasteiger partial charge in [0.15, 0.2) is 5.75 Å². The van der Waals surface area contributed by atoms with E-state index in [9.17, 15) is 18.3 Å². The molecule has 3 aromatic rings. The summed E-state index contributed by atoms with van der Waals surface area (Å²) < 4.78 is 34.1. The lowest BCUT2D eigenvalue weighted by atomic mass is 10.1. The van der Waals surface area contributed by atoms with Crippen molar-refractivity contribution in [3.8, 4) is 23.1 Å². The summed E-state index contributed by atoms with van der Waals surface area (Å²) in [6.07, 6.45) is 0.228. The molecule has 3 rings (SSSR count). The minimum Gasteiger partial charge on any atom is -0.495 e. The number of halogens is 3. The Hall–Kier alpha value is -1.91.